The molecule has 0 spiro atoms. The van der Waals surface area contributed by atoms with Gasteiger partial charge in [-0.25, -0.2) is 9.87 Å². The zero-order valence-corrected chi connectivity index (χ0v) is 16.2. The van der Waals surface area contributed by atoms with Crippen molar-refractivity contribution in [2.45, 2.75) is 26.2 Å². The van der Waals surface area contributed by atoms with Crippen molar-refractivity contribution in [2.75, 3.05) is 6.61 Å². The lowest BCUT2D eigenvalue weighted by molar-refractivity contribution is -0.128. The van der Waals surface area contributed by atoms with Gasteiger partial charge >= 0.3 is 0 Å². The summed E-state index contributed by atoms with van der Waals surface area (Å²) in [7, 11) is 1.57. The van der Waals surface area contributed by atoms with Crippen molar-refractivity contribution in [3.05, 3.63) is 63.3 Å². The van der Waals surface area contributed by atoms with Gasteiger partial charge in [0.15, 0.2) is 11.6 Å². The lowest BCUT2D eigenvalue weighted by Crippen LogP contribution is -2.28. The molecule has 6 nitrogen and oxygen atoms in total. The Morgan fingerprint density at radius 2 is 2.03 bits per heavy atom. The van der Waals surface area contributed by atoms with E-state index in [2.05, 4.69) is 0 Å². The second-order valence-corrected chi connectivity index (χ2v) is 7.23. The number of pyridine rings is 1. The fraction of sp³-hybridized carbons (Fsp3) is 0.273. The van der Waals surface area contributed by atoms with Crippen LogP contribution in [0.4, 0.5) is 4.39 Å². The highest BCUT2D eigenvalue weighted by atomic mass is 19.1. The quantitative estimate of drug-likeness (QED) is 0.527. The Bertz CT molecular complexity index is 1200. The SMILES string of the molecule is Cc1c(-c2c(CC(=O)NO)n(C)c(=O)c3ccccc23)cc(F)c2c1CCCO2. The van der Waals surface area contributed by atoms with Gasteiger partial charge in [-0.1, -0.05) is 18.2 Å². The van der Waals surface area contributed by atoms with Gasteiger partial charge in [0.05, 0.1) is 13.0 Å². The van der Waals surface area contributed by atoms with Crippen molar-refractivity contribution in [3.63, 3.8) is 0 Å². The lowest BCUT2D eigenvalue weighted by Gasteiger charge is -2.24. The zero-order chi connectivity index (χ0) is 20.7. The molecule has 150 valence electrons. The molecule has 2 N–H and O–H groups in total. The lowest BCUT2D eigenvalue weighted by atomic mass is 9.88. The van der Waals surface area contributed by atoms with Gasteiger partial charge in [-0.2, -0.15) is 0 Å². The molecule has 1 amide bonds. The molecule has 7 heteroatoms. The van der Waals surface area contributed by atoms with E-state index in [0.29, 0.717) is 40.6 Å². The topological polar surface area (TPSA) is 80.6 Å². The second kappa shape index (κ2) is 7.33. The zero-order valence-electron chi connectivity index (χ0n) is 16.2. The number of halogens is 1. The van der Waals surface area contributed by atoms with E-state index in [0.717, 1.165) is 17.5 Å². The predicted octanol–water partition coefficient (Wildman–Crippen LogP) is 3.03. The molecule has 1 aliphatic heterocycles. The van der Waals surface area contributed by atoms with Crippen LogP contribution in [0.1, 0.15) is 23.2 Å². The number of hydroxylamine groups is 1. The highest BCUT2D eigenvalue weighted by molar-refractivity contribution is 5.99. The number of hydrogen-bond donors (Lipinski definition) is 2. The Morgan fingerprint density at radius 3 is 2.76 bits per heavy atom. The Balaban J connectivity index is 2.12. The maximum absolute atomic E-state index is 14.9. The third kappa shape index (κ3) is 3.07. The molecule has 0 saturated heterocycles. The number of carbonyl (C=O) groups is 1. The average molecular weight is 396 g/mol. The molecule has 1 aliphatic rings. The molecule has 1 aromatic heterocycles. The fourth-order valence-corrected chi connectivity index (χ4v) is 4.13. The first kappa shape index (κ1) is 19.1. The molecule has 0 unspecified atom stereocenters. The Kier molecular flexibility index (Phi) is 4.84. The summed E-state index contributed by atoms with van der Waals surface area (Å²) in [6, 6.07) is 8.48. The molecular weight excluding hydrogens is 375 g/mol. The number of amides is 1. The number of aromatic nitrogens is 1. The van der Waals surface area contributed by atoms with Crippen LogP contribution in [0.3, 0.4) is 0 Å². The summed E-state index contributed by atoms with van der Waals surface area (Å²) < 4.78 is 21.9. The van der Waals surface area contributed by atoms with Gasteiger partial charge in [0, 0.05) is 29.3 Å². The highest BCUT2D eigenvalue weighted by Gasteiger charge is 2.25. The van der Waals surface area contributed by atoms with Crippen LogP contribution in [0.5, 0.6) is 5.75 Å². The summed E-state index contributed by atoms with van der Waals surface area (Å²) in [5.74, 6) is -0.840. The standard InChI is InChI=1S/C22H21FN2O4/c1-12-13-8-5-9-29-21(13)17(23)10-16(12)20-14-6-3-4-7-15(14)22(27)25(2)18(20)11-19(26)24-28/h3-4,6-7,10,28H,5,8-9,11H2,1-2H3,(H,24,26). The summed E-state index contributed by atoms with van der Waals surface area (Å²) in [5, 5.41) is 10.1. The van der Waals surface area contributed by atoms with Crippen molar-refractivity contribution in [1.29, 1.82) is 0 Å². The van der Waals surface area contributed by atoms with Crippen LogP contribution in [0.15, 0.2) is 35.1 Å². The Hall–Kier alpha value is -3.19. The number of ether oxygens (including phenoxy) is 1. The van der Waals surface area contributed by atoms with E-state index in [9.17, 15) is 14.0 Å². The van der Waals surface area contributed by atoms with Crippen LogP contribution in [0, 0.1) is 12.7 Å². The minimum atomic E-state index is -0.657. The molecule has 29 heavy (non-hydrogen) atoms. The van der Waals surface area contributed by atoms with Gasteiger partial charge in [-0.3, -0.25) is 14.8 Å². The van der Waals surface area contributed by atoms with Crippen molar-refractivity contribution in [2.24, 2.45) is 7.05 Å². The van der Waals surface area contributed by atoms with Gasteiger partial charge in [-0.15, -0.1) is 0 Å². The predicted molar refractivity (Wildman–Crippen MR) is 107 cm³/mol. The maximum atomic E-state index is 14.9. The normalized spacial score (nSPS) is 13.1. The van der Waals surface area contributed by atoms with Gasteiger partial charge in [0.1, 0.15) is 0 Å². The molecule has 0 aliphatic carbocycles. The maximum Gasteiger partial charge on any atom is 0.258 e. The molecule has 0 radical (unpaired) electrons. The van der Waals surface area contributed by atoms with Crippen LogP contribution in [-0.2, 0) is 24.7 Å². The molecule has 0 bridgehead atoms. The number of rotatable bonds is 3. The number of carbonyl (C=O) groups excluding carboxylic acids is 1. The van der Waals surface area contributed by atoms with Crippen molar-refractivity contribution in [1.82, 2.24) is 10.0 Å². The molecule has 2 heterocycles. The minimum absolute atomic E-state index is 0.225. The number of nitrogens with one attached hydrogen (secondary N) is 1. The smallest absolute Gasteiger partial charge is 0.258 e. The van der Waals surface area contributed by atoms with Crippen molar-refractivity contribution in [3.8, 4) is 16.9 Å². The summed E-state index contributed by atoms with van der Waals surface area (Å²) in [5.41, 5.74) is 4.64. The minimum Gasteiger partial charge on any atom is -0.490 e. The van der Waals surface area contributed by atoms with Crippen LogP contribution < -0.4 is 15.8 Å². The van der Waals surface area contributed by atoms with Crippen LogP contribution in [0.25, 0.3) is 21.9 Å². The first-order valence-corrected chi connectivity index (χ1v) is 9.42. The van der Waals surface area contributed by atoms with E-state index < -0.39 is 11.7 Å². The summed E-state index contributed by atoms with van der Waals surface area (Å²) in [6.07, 6.45) is 1.27. The number of fused-ring (bicyclic) bond motifs is 2. The van der Waals surface area contributed by atoms with E-state index >= 15 is 0 Å². The van der Waals surface area contributed by atoms with Gasteiger partial charge in [0.25, 0.3) is 5.56 Å². The van der Waals surface area contributed by atoms with E-state index in [4.69, 9.17) is 9.94 Å². The number of hydrogen-bond acceptors (Lipinski definition) is 4. The molecule has 3 aromatic rings. The Morgan fingerprint density at radius 1 is 1.31 bits per heavy atom. The first-order chi connectivity index (χ1) is 13.9. The van der Waals surface area contributed by atoms with Crippen LogP contribution in [0.2, 0.25) is 0 Å². The van der Waals surface area contributed by atoms with Gasteiger partial charge in [-0.05, 0) is 48.4 Å². The second-order valence-electron chi connectivity index (χ2n) is 7.23. The third-order valence-corrected chi connectivity index (χ3v) is 5.58. The summed E-state index contributed by atoms with van der Waals surface area (Å²) in [6.45, 7) is 2.38. The molecule has 0 atom stereocenters. The monoisotopic (exact) mass is 396 g/mol. The highest BCUT2D eigenvalue weighted by Crippen LogP contribution is 2.40. The van der Waals surface area contributed by atoms with Crippen molar-refractivity contribution >= 4 is 16.7 Å². The van der Waals surface area contributed by atoms with E-state index in [1.54, 1.807) is 36.8 Å². The summed E-state index contributed by atoms with van der Waals surface area (Å²) in [4.78, 5) is 24.8. The number of nitrogens with zero attached hydrogens (tertiary/aromatic N) is 1. The van der Waals surface area contributed by atoms with Crippen molar-refractivity contribution < 1.29 is 19.1 Å². The summed E-state index contributed by atoms with van der Waals surface area (Å²) >= 11 is 0. The van der Waals surface area contributed by atoms with Gasteiger partial charge < -0.3 is 9.30 Å². The molecule has 4 rings (SSSR count). The molecule has 0 saturated carbocycles. The third-order valence-electron chi connectivity index (χ3n) is 5.58. The average Bonchev–Trinajstić information content (AvgIpc) is 2.75. The first-order valence-electron chi connectivity index (χ1n) is 9.42. The largest absolute Gasteiger partial charge is 0.490 e. The van der Waals surface area contributed by atoms with Gasteiger partial charge in [0.2, 0.25) is 5.91 Å². The molecule has 2 aromatic carbocycles. The van der Waals surface area contributed by atoms with Crippen LogP contribution >= 0.6 is 0 Å². The number of benzene rings is 2. The van der Waals surface area contributed by atoms with E-state index in [-0.39, 0.29) is 17.7 Å². The van der Waals surface area contributed by atoms with E-state index in [1.165, 1.54) is 10.6 Å². The molecule has 0 fully saturated rings. The van der Waals surface area contributed by atoms with Crippen LogP contribution in [-0.4, -0.2) is 22.3 Å². The fourth-order valence-electron chi connectivity index (χ4n) is 4.13. The molecular formula is C22H21FN2O4. The van der Waals surface area contributed by atoms with E-state index in [1.807, 2.05) is 6.92 Å². The Labute approximate surface area is 166 Å².